The number of nitrogens with zero attached hydrogens (tertiary/aromatic N) is 4. The van der Waals surface area contributed by atoms with Crippen molar-refractivity contribution >= 4 is 11.8 Å². The Balaban J connectivity index is 1.35. The third kappa shape index (κ3) is 5.35. The van der Waals surface area contributed by atoms with Crippen LogP contribution >= 0.6 is 0 Å². The van der Waals surface area contributed by atoms with E-state index in [-0.39, 0.29) is 18.4 Å². The van der Waals surface area contributed by atoms with E-state index in [1.807, 2.05) is 23.2 Å². The van der Waals surface area contributed by atoms with E-state index >= 15 is 0 Å². The highest BCUT2D eigenvalue weighted by molar-refractivity contribution is 5.85. The van der Waals surface area contributed by atoms with Gasteiger partial charge in [-0.15, -0.1) is 0 Å². The lowest BCUT2D eigenvalue weighted by Crippen LogP contribution is -2.46. The molecular weight excluding hydrogens is 364 g/mol. The van der Waals surface area contributed by atoms with Crippen LogP contribution in [0.5, 0.6) is 0 Å². The Morgan fingerprint density at radius 2 is 1.90 bits per heavy atom. The van der Waals surface area contributed by atoms with Gasteiger partial charge in [0.2, 0.25) is 11.8 Å². The van der Waals surface area contributed by atoms with E-state index in [0.29, 0.717) is 25.4 Å². The Morgan fingerprint density at radius 1 is 1.10 bits per heavy atom. The summed E-state index contributed by atoms with van der Waals surface area (Å²) in [7, 11) is 0. The number of amides is 2. The Kier molecular flexibility index (Phi) is 6.80. The number of aromatic nitrogens is 1. The molecule has 3 heterocycles. The monoisotopic (exact) mass is 398 g/mol. The van der Waals surface area contributed by atoms with E-state index in [1.165, 1.54) is 25.7 Å². The molecule has 29 heavy (non-hydrogen) atoms. The van der Waals surface area contributed by atoms with Crippen LogP contribution in [0.25, 0.3) is 0 Å². The van der Waals surface area contributed by atoms with Crippen molar-refractivity contribution in [1.82, 2.24) is 19.7 Å². The minimum absolute atomic E-state index is 0.0716. The molecule has 0 aromatic carbocycles. The first-order valence-corrected chi connectivity index (χ1v) is 11.4. The van der Waals surface area contributed by atoms with Gasteiger partial charge >= 0.3 is 0 Å². The second-order valence-corrected chi connectivity index (χ2v) is 8.97. The predicted molar refractivity (Wildman–Crippen MR) is 112 cm³/mol. The van der Waals surface area contributed by atoms with E-state index in [9.17, 15) is 9.59 Å². The maximum Gasteiger partial charge on any atom is 0.242 e. The molecule has 2 saturated heterocycles. The van der Waals surface area contributed by atoms with Crippen LogP contribution in [-0.4, -0.2) is 70.3 Å². The van der Waals surface area contributed by atoms with Gasteiger partial charge in [0, 0.05) is 44.5 Å². The molecule has 2 amide bonds. The summed E-state index contributed by atoms with van der Waals surface area (Å²) in [5.41, 5.74) is 1.05. The molecule has 1 aromatic heterocycles. The van der Waals surface area contributed by atoms with Crippen LogP contribution in [0, 0.1) is 5.92 Å². The van der Waals surface area contributed by atoms with Crippen LogP contribution in [0.15, 0.2) is 24.5 Å². The summed E-state index contributed by atoms with van der Waals surface area (Å²) >= 11 is 0. The molecule has 0 bridgehead atoms. The Labute approximate surface area is 174 Å². The number of carbonyl (C=O) groups is 2. The molecule has 1 aliphatic carbocycles. The van der Waals surface area contributed by atoms with Crippen molar-refractivity contribution in [3.63, 3.8) is 0 Å². The fourth-order valence-corrected chi connectivity index (χ4v) is 5.18. The number of hydrogen-bond acceptors (Lipinski definition) is 4. The smallest absolute Gasteiger partial charge is 0.242 e. The zero-order chi connectivity index (χ0) is 20.1. The highest BCUT2D eigenvalue weighted by Gasteiger charge is 2.30. The second-order valence-electron chi connectivity index (χ2n) is 8.97. The lowest BCUT2D eigenvalue weighted by Gasteiger charge is -2.38. The van der Waals surface area contributed by atoms with E-state index < -0.39 is 0 Å². The van der Waals surface area contributed by atoms with Crippen LogP contribution in [0.1, 0.15) is 56.9 Å². The van der Waals surface area contributed by atoms with Crippen LogP contribution in [0.2, 0.25) is 0 Å². The third-order valence-electron chi connectivity index (χ3n) is 6.92. The number of rotatable bonds is 7. The van der Waals surface area contributed by atoms with Crippen LogP contribution in [0.4, 0.5) is 0 Å². The van der Waals surface area contributed by atoms with Crippen molar-refractivity contribution in [2.24, 2.45) is 5.92 Å². The zero-order valence-corrected chi connectivity index (χ0v) is 17.5. The van der Waals surface area contributed by atoms with E-state index in [4.69, 9.17) is 0 Å². The number of carbonyl (C=O) groups excluding carboxylic acids is 2. The van der Waals surface area contributed by atoms with E-state index in [1.54, 1.807) is 11.1 Å². The summed E-state index contributed by atoms with van der Waals surface area (Å²) in [5.74, 6) is 0.731. The average molecular weight is 399 g/mol. The topological polar surface area (TPSA) is 56.8 Å². The molecule has 0 spiro atoms. The van der Waals surface area contributed by atoms with Gasteiger partial charge in [-0.05, 0) is 62.7 Å². The number of pyridine rings is 1. The Morgan fingerprint density at radius 3 is 2.55 bits per heavy atom. The molecule has 1 saturated carbocycles. The van der Waals surface area contributed by atoms with Gasteiger partial charge in [0.1, 0.15) is 0 Å². The largest absolute Gasteiger partial charge is 0.336 e. The molecule has 0 radical (unpaired) electrons. The van der Waals surface area contributed by atoms with Crippen molar-refractivity contribution < 1.29 is 9.59 Å². The molecule has 0 N–H and O–H groups in total. The molecule has 4 rings (SSSR count). The van der Waals surface area contributed by atoms with E-state index in [0.717, 1.165) is 50.5 Å². The van der Waals surface area contributed by atoms with Gasteiger partial charge < -0.3 is 14.7 Å². The summed E-state index contributed by atoms with van der Waals surface area (Å²) in [4.78, 5) is 35.7. The summed E-state index contributed by atoms with van der Waals surface area (Å²) in [5, 5.41) is 0. The fourth-order valence-electron chi connectivity index (χ4n) is 5.18. The molecular formula is C23H34N4O2. The Bertz CT molecular complexity index is 681. The van der Waals surface area contributed by atoms with Crippen molar-refractivity contribution in [3.05, 3.63) is 30.1 Å². The lowest BCUT2D eigenvalue weighted by atomic mass is 9.94. The summed E-state index contributed by atoms with van der Waals surface area (Å²) in [6, 6.07) is 4.74. The first-order valence-electron chi connectivity index (χ1n) is 11.4. The predicted octanol–water partition coefficient (Wildman–Crippen LogP) is 2.69. The molecule has 2 aliphatic heterocycles. The van der Waals surface area contributed by atoms with Crippen molar-refractivity contribution in [3.8, 4) is 0 Å². The summed E-state index contributed by atoms with van der Waals surface area (Å²) in [6.45, 7) is 4.63. The van der Waals surface area contributed by atoms with Gasteiger partial charge in [-0.1, -0.05) is 18.9 Å². The highest BCUT2D eigenvalue weighted by atomic mass is 16.2. The standard InChI is InChI=1S/C23H34N4O2/c28-22-8-4-12-26(22)18-23(29)27(17-20-5-3-11-24-15-20)16-19-9-13-25(14-10-19)21-6-1-2-7-21/h3,5,11,15,19,21H,1-2,4,6-10,12-14,16-18H2. The zero-order valence-electron chi connectivity index (χ0n) is 17.5. The number of piperidine rings is 1. The minimum atomic E-state index is 0.0716. The molecule has 6 nitrogen and oxygen atoms in total. The second kappa shape index (κ2) is 9.70. The van der Waals surface area contributed by atoms with E-state index in [2.05, 4.69) is 9.88 Å². The van der Waals surface area contributed by atoms with Gasteiger partial charge in [-0.2, -0.15) is 0 Å². The quantitative estimate of drug-likeness (QED) is 0.709. The van der Waals surface area contributed by atoms with Gasteiger partial charge in [0.15, 0.2) is 0 Å². The molecule has 1 aromatic rings. The SMILES string of the molecule is O=C1CCCN1CC(=O)N(Cc1cccnc1)CC1CCN(C2CCCC2)CC1. The first-order chi connectivity index (χ1) is 14.2. The molecule has 158 valence electrons. The fraction of sp³-hybridized carbons (Fsp3) is 0.696. The van der Waals surface area contributed by atoms with Crippen LogP contribution in [-0.2, 0) is 16.1 Å². The van der Waals surface area contributed by atoms with Gasteiger partial charge in [0.25, 0.3) is 0 Å². The minimum Gasteiger partial charge on any atom is -0.336 e. The maximum absolute atomic E-state index is 13.1. The molecule has 3 fully saturated rings. The first kappa shape index (κ1) is 20.3. The van der Waals surface area contributed by atoms with Crippen LogP contribution in [0.3, 0.4) is 0 Å². The molecule has 6 heteroatoms. The summed E-state index contributed by atoms with van der Waals surface area (Å²) < 4.78 is 0. The van der Waals surface area contributed by atoms with Crippen molar-refractivity contribution in [2.45, 2.75) is 64.0 Å². The van der Waals surface area contributed by atoms with Gasteiger partial charge in [-0.25, -0.2) is 0 Å². The van der Waals surface area contributed by atoms with Crippen molar-refractivity contribution in [2.75, 3.05) is 32.7 Å². The normalized spacial score (nSPS) is 21.8. The number of likely N-dealkylation sites (tertiary alicyclic amines) is 2. The van der Waals surface area contributed by atoms with Gasteiger partial charge in [0.05, 0.1) is 6.54 Å². The highest BCUT2D eigenvalue weighted by Crippen LogP contribution is 2.28. The molecule has 0 unspecified atom stereocenters. The Hall–Kier alpha value is -1.95. The number of hydrogen-bond donors (Lipinski definition) is 0. The molecule has 3 aliphatic rings. The third-order valence-corrected chi connectivity index (χ3v) is 6.92. The van der Waals surface area contributed by atoms with Crippen LogP contribution < -0.4 is 0 Å². The lowest BCUT2D eigenvalue weighted by molar-refractivity contribution is -0.139. The summed E-state index contributed by atoms with van der Waals surface area (Å²) in [6.07, 6.45) is 12.9. The maximum atomic E-state index is 13.1. The average Bonchev–Trinajstić information content (AvgIpc) is 3.41. The van der Waals surface area contributed by atoms with Crippen molar-refractivity contribution in [1.29, 1.82) is 0 Å². The molecule has 0 atom stereocenters. The van der Waals surface area contributed by atoms with Gasteiger partial charge in [-0.3, -0.25) is 14.6 Å².